The van der Waals surface area contributed by atoms with E-state index in [0.29, 0.717) is 0 Å². The Morgan fingerprint density at radius 1 is 1.30 bits per heavy atom. The Labute approximate surface area is 121 Å². The molecule has 0 atom stereocenters. The van der Waals surface area contributed by atoms with Gasteiger partial charge in [0.2, 0.25) is 0 Å². The Morgan fingerprint density at radius 3 is 2.80 bits per heavy atom. The van der Waals surface area contributed by atoms with Crippen LogP contribution in [0.5, 0.6) is 0 Å². The molecule has 2 rings (SSSR count). The molecule has 0 aliphatic rings. The van der Waals surface area contributed by atoms with Crippen molar-refractivity contribution in [2.75, 3.05) is 18.8 Å². The number of rotatable bonds is 7. The number of aryl methyl sites for hydroxylation is 1. The third-order valence-electron chi connectivity index (χ3n) is 3.48. The van der Waals surface area contributed by atoms with Gasteiger partial charge in [-0.15, -0.1) is 0 Å². The number of imidazole rings is 1. The quantitative estimate of drug-likeness (QED) is 0.788. The van der Waals surface area contributed by atoms with Crippen molar-refractivity contribution in [2.45, 2.75) is 33.4 Å². The van der Waals surface area contributed by atoms with Crippen molar-refractivity contribution < 1.29 is 0 Å². The fourth-order valence-electron chi connectivity index (χ4n) is 2.43. The molecular formula is C16H24N4. The van der Waals surface area contributed by atoms with Crippen LogP contribution < -0.4 is 5.73 Å². The van der Waals surface area contributed by atoms with Crippen molar-refractivity contribution in [2.24, 2.45) is 0 Å². The summed E-state index contributed by atoms with van der Waals surface area (Å²) in [4.78, 5) is 6.73. The van der Waals surface area contributed by atoms with Gasteiger partial charge in [-0.25, -0.2) is 4.98 Å². The highest BCUT2D eigenvalue weighted by molar-refractivity contribution is 5.40. The van der Waals surface area contributed by atoms with Gasteiger partial charge in [0.05, 0.1) is 0 Å². The van der Waals surface area contributed by atoms with Gasteiger partial charge in [-0.2, -0.15) is 0 Å². The SMILES string of the molecule is CCCN(CCn1ccnc1C)Cc1cccc(N)c1. The normalized spacial score (nSPS) is 11.2. The summed E-state index contributed by atoms with van der Waals surface area (Å²) in [6.45, 7) is 8.32. The maximum Gasteiger partial charge on any atom is 0.105 e. The Kier molecular flexibility index (Phi) is 5.18. The van der Waals surface area contributed by atoms with E-state index in [4.69, 9.17) is 5.73 Å². The van der Waals surface area contributed by atoms with Crippen LogP contribution in [0.1, 0.15) is 24.7 Å². The van der Waals surface area contributed by atoms with Gasteiger partial charge >= 0.3 is 0 Å². The lowest BCUT2D eigenvalue weighted by molar-refractivity contribution is 0.254. The molecule has 2 aromatic rings. The number of nitrogens with zero attached hydrogens (tertiary/aromatic N) is 3. The summed E-state index contributed by atoms with van der Waals surface area (Å²) in [6, 6.07) is 8.16. The van der Waals surface area contributed by atoms with E-state index in [1.54, 1.807) is 0 Å². The van der Waals surface area contributed by atoms with Crippen LogP contribution in [0.3, 0.4) is 0 Å². The lowest BCUT2D eigenvalue weighted by Crippen LogP contribution is -2.28. The van der Waals surface area contributed by atoms with Crippen LogP contribution in [-0.2, 0) is 13.1 Å². The molecule has 1 heterocycles. The maximum atomic E-state index is 5.85. The molecule has 0 unspecified atom stereocenters. The molecular weight excluding hydrogens is 248 g/mol. The molecule has 0 aliphatic carbocycles. The Balaban J connectivity index is 1.95. The number of hydrogen-bond acceptors (Lipinski definition) is 3. The molecule has 0 spiro atoms. The van der Waals surface area contributed by atoms with Crippen molar-refractivity contribution in [3.8, 4) is 0 Å². The zero-order valence-corrected chi connectivity index (χ0v) is 12.4. The predicted molar refractivity (Wildman–Crippen MR) is 83.4 cm³/mol. The van der Waals surface area contributed by atoms with Gasteiger partial charge in [0.15, 0.2) is 0 Å². The molecule has 0 saturated heterocycles. The summed E-state index contributed by atoms with van der Waals surface area (Å²) in [7, 11) is 0. The highest BCUT2D eigenvalue weighted by Gasteiger charge is 2.06. The van der Waals surface area contributed by atoms with Gasteiger partial charge in [0.1, 0.15) is 5.82 Å². The second-order valence-corrected chi connectivity index (χ2v) is 5.19. The summed E-state index contributed by atoms with van der Waals surface area (Å²) < 4.78 is 2.20. The maximum absolute atomic E-state index is 5.85. The van der Waals surface area contributed by atoms with E-state index in [2.05, 4.69) is 33.5 Å². The molecule has 0 saturated carbocycles. The lowest BCUT2D eigenvalue weighted by atomic mass is 10.2. The first-order valence-electron chi connectivity index (χ1n) is 7.23. The van der Waals surface area contributed by atoms with Gasteiger partial charge in [-0.3, -0.25) is 4.90 Å². The first-order valence-corrected chi connectivity index (χ1v) is 7.23. The topological polar surface area (TPSA) is 47.1 Å². The molecule has 1 aromatic heterocycles. The van der Waals surface area contributed by atoms with E-state index in [0.717, 1.165) is 44.1 Å². The highest BCUT2D eigenvalue weighted by Crippen LogP contribution is 2.10. The van der Waals surface area contributed by atoms with Crippen molar-refractivity contribution in [3.05, 3.63) is 48.0 Å². The minimum atomic E-state index is 0.837. The molecule has 20 heavy (non-hydrogen) atoms. The number of benzene rings is 1. The van der Waals surface area contributed by atoms with Gasteiger partial charge in [-0.05, 0) is 37.6 Å². The largest absolute Gasteiger partial charge is 0.399 e. The zero-order valence-electron chi connectivity index (χ0n) is 12.4. The molecule has 0 aliphatic heterocycles. The fourth-order valence-corrected chi connectivity index (χ4v) is 2.43. The van der Waals surface area contributed by atoms with Crippen LogP contribution in [0.15, 0.2) is 36.7 Å². The third kappa shape index (κ3) is 4.10. The standard InChI is InChI=1S/C16H24N4/c1-3-8-19(10-11-20-9-7-18-14(20)2)13-15-5-4-6-16(17)12-15/h4-7,9,12H,3,8,10-11,13,17H2,1-2H3. The van der Waals surface area contributed by atoms with Crippen molar-refractivity contribution in [1.29, 1.82) is 0 Å². The molecule has 2 N–H and O–H groups in total. The summed E-state index contributed by atoms with van der Waals surface area (Å²) in [5.74, 6) is 1.07. The minimum absolute atomic E-state index is 0.837. The van der Waals surface area contributed by atoms with Crippen LogP contribution in [-0.4, -0.2) is 27.5 Å². The first-order chi connectivity index (χ1) is 9.69. The Hall–Kier alpha value is -1.81. The molecule has 0 bridgehead atoms. The summed E-state index contributed by atoms with van der Waals surface area (Å²) in [5.41, 5.74) is 7.96. The van der Waals surface area contributed by atoms with Crippen molar-refractivity contribution in [1.82, 2.24) is 14.5 Å². The summed E-state index contributed by atoms with van der Waals surface area (Å²) in [6.07, 6.45) is 5.06. The van der Waals surface area contributed by atoms with E-state index in [1.807, 2.05) is 31.5 Å². The van der Waals surface area contributed by atoms with Crippen LogP contribution in [0.25, 0.3) is 0 Å². The second-order valence-electron chi connectivity index (χ2n) is 5.19. The van der Waals surface area contributed by atoms with Crippen LogP contribution in [0.2, 0.25) is 0 Å². The lowest BCUT2D eigenvalue weighted by Gasteiger charge is -2.22. The van der Waals surface area contributed by atoms with Crippen LogP contribution in [0, 0.1) is 6.92 Å². The Morgan fingerprint density at radius 2 is 2.15 bits per heavy atom. The number of nitrogen functional groups attached to an aromatic ring is 1. The summed E-state index contributed by atoms with van der Waals surface area (Å²) >= 11 is 0. The molecule has 0 fully saturated rings. The van der Waals surface area contributed by atoms with Crippen molar-refractivity contribution >= 4 is 5.69 Å². The molecule has 0 radical (unpaired) electrons. The number of hydrogen-bond donors (Lipinski definition) is 1. The predicted octanol–water partition coefficient (Wildman–Crippen LogP) is 2.69. The average Bonchev–Trinajstić information content (AvgIpc) is 2.82. The Bertz CT molecular complexity index is 533. The number of anilines is 1. The van der Waals surface area contributed by atoms with Gasteiger partial charge in [0, 0.05) is 37.7 Å². The van der Waals surface area contributed by atoms with Crippen LogP contribution >= 0.6 is 0 Å². The number of aromatic nitrogens is 2. The average molecular weight is 272 g/mol. The van der Waals surface area contributed by atoms with E-state index < -0.39 is 0 Å². The van der Waals surface area contributed by atoms with Crippen LogP contribution in [0.4, 0.5) is 5.69 Å². The molecule has 108 valence electrons. The summed E-state index contributed by atoms with van der Waals surface area (Å²) in [5, 5.41) is 0. The first kappa shape index (κ1) is 14.6. The monoisotopic (exact) mass is 272 g/mol. The van der Waals surface area contributed by atoms with E-state index in [9.17, 15) is 0 Å². The molecule has 4 nitrogen and oxygen atoms in total. The zero-order chi connectivity index (χ0) is 14.4. The van der Waals surface area contributed by atoms with Crippen molar-refractivity contribution in [3.63, 3.8) is 0 Å². The van der Waals surface area contributed by atoms with E-state index >= 15 is 0 Å². The minimum Gasteiger partial charge on any atom is -0.399 e. The van der Waals surface area contributed by atoms with Gasteiger partial charge in [-0.1, -0.05) is 19.1 Å². The smallest absolute Gasteiger partial charge is 0.105 e. The third-order valence-corrected chi connectivity index (χ3v) is 3.48. The fraction of sp³-hybridized carbons (Fsp3) is 0.438. The highest BCUT2D eigenvalue weighted by atomic mass is 15.2. The second kappa shape index (κ2) is 7.10. The van der Waals surface area contributed by atoms with Gasteiger partial charge < -0.3 is 10.3 Å². The number of nitrogens with two attached hydrogens (primary N) is 1. The molecule has 4 heteroatoms. The van der Waals surface area contributed by atoms with E-state index in [1.165, 1.54) is 5.56 Å². The van der Waals surface area contributed by atoms with Gasteiger partial charge in [0.25, 0.3) is 0 Å². The molecule has 0 amide bonds. The van der Waals surface area contributed by atoms with E-state index in [-0.39, 0.29) is 0 Å². The molecule has 1 aromatic carbocycles.